The Morgan fingerprint density at radius 1 is 1.41 bits per heavy atom. The van der Waals surface area contributed by atoms with Crippen LogP contribution in [0.25, 0.3) is 0 Å². The van der Waals surface area contributed by atoms with Crippen LogP contribution < -0.4 is 5.32 Å². The number of carbonyl (C=O) groups is 1. The summed E-state index contributed by atoms with van der Waals surface area (Å²) < 4.78 is 1.06. The molecule has 2 N–H and O–H groups in total. The van der Waals surface area contributed by atoms with Gasteiger partial charge in [0.1, 0.15) is 0 Å². The zero-order valence-corrected chi connectivity index (χ0v) is 12.5. The summed E-state index contributed by atoms with van der Waals surface area (Å²) in [6, 6.07) is 7.53. The number of nitrogens with one attached hydrogen (secondary N) is 1. The van der Waals surface area contributed by atoms with E-state index >= 15 is 0 Å². The average molecular weight is 365 g/mol. The minimum Gasteiger partial charge on any atom is -0.396 e. The maximum atomic E-state index is 11.7. The van der Waals surface area contributed by atoms with Gasteiger partial charge in [-0.25, -0.2) is 0 Å². The molecular formula is C12H16INO2S. The van der Waals surface area contributed by atoms with Crippen molar-refractivity contribution in [2.75, 3.05) is 24.7 Å². The van der Waals surface area contributed by atoms with Crippen LogP contribution >= 0.6 is 34.4 Å². The van der Waals surface area contributed by atoms with E-state index in [1.54, 1.807) is 11.8 Å². The number of carbonyl (C=O) groups excluding carboxylic acids is 1. The summed E-state index contributed by atoms with van der Waals surface area (Å²) in [7, 11) is 0. The third-order valence-corrected chi connectivity index (χ3v) is 3.81. The Labute approximate surface area is 120 Å². The second kappa shape index (κ2) is 8.77. The Bertz CT molecular complexity index is 360. The molecule has 0 fully saturated rings. The molecule has 0 bridgehead atoms. The van der Waals surface area contributed by atoms with Crippen molar-refractivity contribution in [2.24, 2.45) is 0 Å². The van der Waals surface area contributed by atoms with Gasteiger partial charge in [-0.1, -0.05) is 6.07 Å². The molecule has 0 aliphatic carbocycles. The van der Waals surface area contributed by atoms with E-state index in [2.05, 4.69) is 27.9 Å². The molecule has 0 radical (unpaired) electrons. The molecule has 0 spiro atoms. The Morgan fingerprint density at radius 2 is 2.24 bits per heavy atom. The van der Waals surface area contributed by atoms with Crippen LogP contribution in [0.4, 0.5) is 0 Å². The van der Waals surface area contributed by atoms with Crippen molar-refractivity contribution in [3.8, 4) is 0 Å². The van der Waals surface area contributed by atoms with Crippen LogP contribution in [0, 0.1) is 3.57 Å². The second-order valence-electron chi connectivity index (χ2n) is 3.46. The molecule has 0 saturated carbocycles. The van der Waals surface area contributed by atoms with Crippen LogP contribution in [0.2, 0.25) is 0 Å². The molecule has 0 heterocycles. The molecule has 0 unspecified atom stereocenters. The number of hydrogen-bond donors (Lipinski definition) is 2. The molecule has 0 atom stereocenters. The van der Waals surface area contributed by atoms with Gasteiger partial charge in [-0.15, -0.1) is 0 Å². The minimum absolute atomic E-state index is 0.0220. The molecule has 0 aliphatic rings. The molecule has 1 rings (SSSR count). The highest BCUT2D eigenvalue weighted by atomic mass is 127. The first-order valence-corrected chi connectivity index (χ1v) is 7.70. The normalized spacial score (nSPS) is 10.2. The van der Waals surface area contributed by atoms with E-state index in [4.69, 9.17) is 5.11 Å². The maximum absolute atomic E-state index is 11.7. The largest absolute Gasteiger partial charge is 0.396 e. The molecule has 94 valence electrons. The number of amides is 1. The summed E-state index contributed by atoms with van der Waals surface area (Å²) in [6.07, 6.45) is 0.815. The van der Waals surface area contributed by atoms with Crippen LogP contribution in [0.1, 0.15) is 16.8 Å². The van der Waals surface area contributed by atoms with Gasteiger partial charge in [-0.05, 0) is 53.0 Å². The van der Waals surface area contributed by atoms with Crippen molar-refractivity contribution in [1.82, 2.24) is 5.32 Å². The van der Waals surface area contributed by atoms with Gasteiger partial charge in [0, 0.05) is 28.0 Å². The third kappa shape index (κ3) is 6.28. The van der Waals surface area contributed by atoms with E-state index in [0.29, 0.717) is 12.1 Å². The quantitative estimate of drug-likeness (QED) is 0.575. The fourth-order valence-electron chi connectivity index (χ4n) is 1.24. The summed E-state index contributed by atoms with van der Waals surface area (Å²) in [5, 5.41) is 11.5. The topological polar surface area (TPSA) is 49.3 Å². The van der Waals surface area contributed by atoms with Crippen LogP contribution in [0.15, 0.2) is 24.3 Å². The van der Waals surface area contributed by atoms with E-state index < -0.39 is 0 Å². The molecule has 1 aromatic rings. The van der Waals surface area contributed by atoms with Crippen LogP contribution in [-0.2, 0) is 0 Å². The van der Waals surface area contributed by atoms with Crippen molar-refractivity contribution >= 4 is 40.3 Å². The summed E-state index contributed by atoms with van der Waals surface area (Å²) in [6.45, 7) is 0.905. The second-order valence-corrected chi connectivity index (χ2v) is 5.93. The third-order valence-electron chi connectivity index (χ3n) is 2.07. The van der Waals surface area contributed by atoms with Crippen molar-refractivity contribution in [3.63, 3.8) is 0 Å². The van der Waals surface area contributed by atoms with Crippen molar-refractivity contribution in [3.05, 3.63) is 33.4 Å². The molecule has 1 aromatic carbocycles. The summed E-state index contributed by atoms with van der Waals surface area (Å²) in [5.74, 6) is 1.80. The van der Waals surface area contributed by atoms with Crippen molar-refractivity contribution < 1.29 is 9.90 Å². The van der Waals surface area contributed by atoms with Crippen LogP contribution in [0.5, 0.6) is 0 Å². The van der Waals surface area contributed by atoms with Crippen molar-refractivity contribution in [2.45, 2.75) is 6.42 Å². The van der Waals surface area contributed by atoms with Crippen molar-refractivity contribution in [1.29, 1.82) is 0 Å². The molecule has 3 nitrogen and oxygen atoms in total. The SMILES string of the molecule is O=C(NCCSCCCO)c1cccc(I)c1. The van der Waals surface area contributed by atoms with E-state index in [9.17, 15) is 4.79 Å². The highest BCUT2D eigenvalue weighted by Crippen LogP contribution is 2.07. The minimum atomic E-state index is -0.0220. The first-order chi connectivity index (χ1) is 8.24. The lowest BCUT2D eigenvalue weighted by molar-refractivity contribution is 0.0956. The lowest BCUT2D eigenvalue weighted by atomic mass is 10.2. The number of benzene rings is 1. The van der Waals surface area contributed by atoms with Gasteiger partial charge in [0.2, 0.25) is 0 Å². The Morgan fingerprint density at radius 3 is 2.94 bits per heavy atom. The predicted octanol–water partition coefficient (Wildman–Crippen LogP) is 2.14. The first kappa shape index (κ1) is 14.8. The number of rotatable bonds is 7. The zero-order chi connectivity index (χ0) is 12.5. The Hall–Kier alpha value is -0.270. The zero-order valence-electron chi connectivity index (χ0n) is 9.49. The van der Waals surface area contributed by atoms with Gasteiger partial charge in [0.15, 0.2) is 0 Å². The summed E-state index contributed by atoms with van der Waals surface area (Å²) in [5.41, 5.74) is 0.706. The highest BCUT2D eigenvalue weighted by molar-refractivity contribution is 14.1. The fraction of sp³-hybridized carbons (Fsp3) is 0.417. The van der Waals surface area contributed by atoms with Gasteiger partial charge in [-0.2, -0.15) is 11.8 Å². The summed E-state index contributed by atoms with van der Waals surface area (Å²) in [4.78, 5) is 11.7. The Kier molecular flexibility index (Phi) is 7.63. The van der Waals surface area contributed by atoms with E-state index in [1.165, 1.54) is 0 Å². The standard InChI is InChI=1S/C12H16INO2S/c13-11-4-1-3-10(9-11)12(16)14-5-8-17-7-2-6-15/h1,3-4,9,15H,2,5-8H2,(H,14,16). The molecule has 0 aliphatic heterocycles. The van der Waals surface area contributed by atoms with Gasteiger partial charge < -0.3 is 10.4 Å². The van der Waals surface area contributed by atoms with E-state index in [-0.39, 0.29) is 12.5 Å². The molecule has 17 heavy (non-hydrogen) atoms. The number of halogens is 1. The van der Waals surface area contributed by atoms with Gasteiger partial charge in [0.25, 0.3) is 5.91 Å². The fourth-order valence-corrected chi connectivity index (χ4v) is 2.56. The van der Waals surface area contributed by atoms with Crippen LogP contribution in [-0.4, -0.2) is 35.7 Å². The molecule has 5 heteroatoms. The molecular weight excluding hydrogens is 349 g/mol. The maximum Gasteiger partial charge on any atom is 0.251 e. The monoisotopic (exact) mass is 365 g/mol. The number of thioether (sulfide) groups is 1. The average Bonchev–Trinajstić information content (AvgIpc) is 2.33. The smallest absolute Gasteiger partial charge is 0.251 e. The van der Waals surface area contributed by atoms with E-state index in [1.807, 2.05) is 24.3 Å². The molecule has 0 saturated heterocycles. The summed E-state index contributed by atoms with van der Waals surface area (Å²) >= 11 is 3.93. The number of aliphatic hydroxyl groups is 1. The van der Waals surface area contributed by atoms with Gasteiger partial charge >= 0.3 is 0 Å². The number of aliphatic hydroxyl groups excluding tert-OH is 1. The van der Waals surface area contributed by atoms with Gasteiger partial charge in [0.05, 0.1) is 0 Å². The number of hydrogen-bond acceptors (Lipinski definition) is 3. The molecule has 0 aromatic heterocycles. The predicted molar refractivity (Wildman–Crippen MR) is 80.5 cm³/mol. The van der Waals surface area contributed by atoms with E-state index in [0.717, 1.165) is 21.5 Å². The lowest BCUT2D eigenvalue weighted by Gasteiger charge is -2.05. The Balaban J connectivity index is 2.21. The first-order valence-electron chi connectivity index (χ1n) is 5.46. The molecule has 1 amide bonds. The lowest BCUT2D eigenvalue weighted by Crippen LogP contribution is -2.25. The van der Waals surface area contributed by atoms with Gasteiger partial charge in [-0.3, -0.25) is 4.79 Å². The highest BCUT2D eigenvalue weighted by Gasteiger charge is 2.04. The van der Waals surface area contributed by atoms with Crippen LogP contribution in [0.3, 0.4) is 0 Å².